The van der Waals surface area contributed by atoms with E-state index in [0.717, 1.165) is 10.9 Å². The van der Waals surface area contributed by atoms with Gasteiger partial charge in [-0.25, -0.2) is 8.42 Å². The van der Waals surface area contributed by atoms with Crippen molar-refractivity contribution in [3.05, 3.63) is 28.7 Å². The predicted octanol–water partition coefficient (Wildman–Crippen LogP) is 2.08. The smallest absolute Gasteiger partial charge is 0.243 e. The Morgan fingerprint density at radius 3 is 2.48 bits per heavy atom. The molecule has 7 heteroatoms. The van der Waals surface area contributed by atoms with E-state index in [9.17, 15) is 13.2 Å². The van der Waals surface area contributed by atoms with Gasteiger partial charge in [0, 0.05) is 37.1 Å². The van der Waals surface area contributed by atoms with Crippen molar-refractivity contribution in [3.63, 3.8) is 0 Å². The van der Waals surface area contributed by atoms with Crippen molar-refractivity contribution in [1.82, 2.24) is 9.21 Å². The van der Waals surface area contributed by atoms with Crippen LogP contribution < -0.4 is 0 Å². The van der Waals surface area contributed by atoms with Crippen LogP contribution >= 0.6 is 15.9 Å². The monoisotopic (exact) mass is 374 g/mol. The second kappa shape index (κ2) is 6.89. The Kier molecular flexibility index (Phi) is 5.40. The summed E-state index contributed by atoms with van der Waals surface area (Å²) >= 11 is 3.29. The molecule has 0 atom stereocenters. The first kappa shape index (κ1) is 16.5. The summed E-state index contributed by atoms with van der Waals surface area (Å²) in [4.78, 5) is 13.8. The fraction of sp³-hybridized carbons (Fsp3) is 0.500. The normalized spacial score (nSPS) is 17.0. The number of nitrogens with zero attached hydrogens (tertiary/aromatic N) is 2. The highest BCUT2D eigenvalue weighted by atomic mass is 79.9. The van der Waals surface area contributed by atoms with Crippen LogP contribution in [0.1, 0.15) is 19.8 Å². The van der Waals surface area contributed by atoms with Crippen LogP contribution in [0.4, 0.5) is 0 Å². The minimum atomic E-state index is -3.48. The minimum Gasteiger partial charge on any atom is -0.340 e. The molecule has 0 spiro atoms. The zero-order valence-electron chi connectivity index (χ0n) is 12.0. The number of halogens is 1. The average molecular weight is 375 g/mol. The highest BCUT2D eigenvalue weighted by Crippen LogP contribution is 2.21. The molecule has 5 nitrogen and oxygen atoms in total. The highest BCUT2D eigenvalue weighted by Gasteiger charge is 2.29. The largest absolute Gasteiger partial charge is 0.340 e. The molecule has 0 aliphatic carbocycles. The van der Waals surface area contributed by atoms with E-state index in [2.05, 4.69) is 15.9 Å². The summed E-state index contributed by atoms with van der Waals surface area (Å²) in [5.74, 6) is 0.108. The Balaban J connectivity index is 2.06. The van der Waals surface area contributed by atoms with Crippen molar-refractivity contribution in [2.24, 2.45) is 0 Å². The quantitative estimate of drug-likeness (QED) is 0.810. The molecule has 1 aliphatic rings. The molecule has 0 saturated carbocycles. The lowest BCUT2D eigenvalue weighted by Crippen LogP contribution is -2.50. The number of hydrogen-bond donors (Lipinski definition) is 0. The van der Waals surface area contributed by atoms with E-state index in [1.807, 2.05) is 6.92 Å². The lowest BCUT2D eigenvalue weighted by Gasteiger charge is -2.34. The van der Waals surface area contributed by atoms with Gasteiger partial charge in [-0.15, -0.1) is 0 Å². The molecule has 1 aliphatic heterocycles. The van der Waals surface area contributed by atoms with Crippen molar-refractivity contribution in [2.75, 3.05) is 26.2 Å². The maximum Gasteiger partial charge on any atom is 0.243 e. The third kappa shape index (κ3) is 3.84. The van der Waals surface area contributed by atoms with E-state index in [4.69, 9.17) is 0 Å². The third-order valence-corrected chi connectivity index (χ3v) is 5.88. The summed E-state index contributed by atoms with van der Waals surface area (Å²) in [5, 5.41) is 0. The van der Waals surface area contributed by atoms with Crippen molar-refractivity contribution >= 4 is 31.9 Å². The fourth-order valence-corrected chi connectivity index (χ4v) is 4.35. The van der Waals surface area contributed by atoms with Gasteiger partial charge in [0.05, 0.1) is 4.90 Å². The third-order valence-electron chi connectivity index (χ3n) is 3.49. The fourth-order valence-electron chi connectivity index (χ4n) is 2.33. The van der Waals surface area contributed by atoms with Crippen molar-refractivity contribution in [2.45, 2.75) is 24.7 Å². The van der Waals surface area contributed by atoms with E-state index in [0.29, 0.717) is 32.6 Å². The van der Waals surface area contributed by atoms with Crippen molar-refractivity contribution in [3.8, 4) is 0 Å². The molecular formula is C14H19BrN2O3S. The van der Waals surface area contributed by atoms with Gasteiger partial charge in [-0.2, -0.15) is 4.31 Å². The zero-order valence-corrected chi connectivity index (χ0v) is 14.4. The van der Waals surface area contributed by atoms with Crippen LogP contribution in [0.3, 0.4) is 0 Å². The van der Waals surface area contributed by atoms with Gasteiger partial charge in [0.25, 0.3) is 0 Å². The van der Waals surface area contributed by atoms with E-state index in [-0.39, 0.29) is 10.8 Å². The minimum absolute atomic E-state index is 0.108. The zero-order chi connectivity index (χ0) is 15.5. The standard InChI is InChI=1S/C14H19BrN2O3S/c1-2-4-14(18)16-7-9-17(10-8-16)21(19,20)13-6-3-5-12(15)11-13/h3,5-6,11H,2,4,7-10H2,1H3. The van der Waals surface area contributed by atoms with E-state index in [1.165, 1.54) is 4.31 Å². The topological polar surface area (TPSA) is 57.7 Å². The molecule has 1 aromatic rings. The second-order valence-electron chi connectivity index (χ2n) is 4.99. The average Bonchev–Trinajstić information content (AvgIpc) is 2.47. The Bertz CT molecular complexity index is 610. The van der Waals surface area contributed by atoms with Gasteiger partial charge in [-0.1, -0.05) is 28.9 Å². The van der Waals surface area contributed by atoms with Crippen LogP contribution in [-0.4, -0.2) is 49.7 Å². The molecular weight excluding hydrogens is 356 g/mol. The van der Waals surface area contributed by atoms with E-state index >= 15 is 0 Å². The van der Waals surface area contributed by atoms with Crippen LogP contribution in [0.5, 0.6) is 0 Å². The molecule has 116 valence electrons. The predicted molar refractivity (Wildman–Crippen MR) is 84.4 cm³/mol. The molecule has 0 unspecified atom stereocenters. The molecule has 1 saturated heterocycles. The van der Waals surface area contributed by atoms with Crippen LogP contribution in [-0.2, 0) is 14.8 Å². The molecule has 1 fully saturated rings. The van der Waals surface area contributed by atoms with Gasteiger partial charge in [0.2, 0.25) is 15.9 Å². The Morgan fingerprint density at radius 2 is 1.90 bits per heavy atom. The Hall–Kier alpha value is -0.920. The van der Waals surface area contributed by atoms with Crippen LogP contribution in [0, 0.1) is 0 Å². The summed E-state index contributed by atoms with van der Waals surface area (Å²) < 4.78 is 27.3. The van der Waals surface area contributed by atoms with Crippen LogP contribution in [0.2, 0.25) is 0 Å². The van der Waals surface area contributed by atoms with Gasteiger partial charge >= 0.3 is 0 Å². The van der Waals surface area contributed by atoms with Crippen molar-refractivity contribution < 1.29 is 13.2 Å². The summed E-state index contributed by atoms with van der Waals surface area (Å²) in [6.45, 7) is 3.60. The number of sulfonamides is 1. The number of benzene rings is 1. The van der Waals surface area contributed by atoms with Gasteiger partial charge < -0.3 is 4.90 Å². The SMILES string of the molecule is CCCC(=O)N1CCN(S(=O)(=O)c2cccc(Br)c2)CC1. The molecule has 1 aromatic carbocycles. The maximum atomic E-state index is 12.5. The molecule has 1 heterocycles. The molecule has 0 radical (unpaired) electrons. The van der Waals surface area contributed by atoms with Crippen LogP contribution in [0.15, 0.2) is 33.6 Å². The summed E-state index contributed by atoms with van der Waals surface area (Å²) in [7, 11) is -3.48. The molecule has 0 aromatic heterocycles. The number of carbonyl (C=O) groups excluding carboxylic acids is 1. The lowest BCUT2D eigenvalue weighted by molar-refractivity contribution is -0.132. The second-order valence-corrected chi connectivity index (χ2v) is 7.85. The number of piperazine rings is 1. The first-order valence-electron chi connectivity index (χ1n) is 6.98. The first-order valence-corrected chi connectivity index (χ1v) is 9.22. The maximum absolute atomic E-state index is 12.5. The van der Waals surface area contributed by atoms with Crippen LogP contribution in [0.25, 0.3) is 0 Å². The van der Waals surface area contributed by atoms with Gasteiger partial charge in [-0.05, 0) is 24.6 Å². The highest BCUT2D eigenvalue weighted by molar-refractivity contribution is 9.10. The van der Waals surface area contributed by atoms with E-state index < -0.39 is 10.0 Å². The first-order chi connectivity index (χ1) is 9.95. The number of hydrogen-bond acceptors (Lipinski definition) is 3. The van der Waals surface area contributed by atoms with Gasteiger partial charge in [-0.3, -0.25) is 4.79 Å². The molecule has 0 N–H and O–H groups in total. The summed E-state index contributed by atoms with van der Waals surface area (Å²) in [5.41, 5.74) is 0. The Labute approximate surface area is 134 Å². The molecule has 2 rings (SSSR count). The lowest BCUT2D eigenvalue weighted by atomic mass is 10.2. The number of rotatable bonds is 4. The molecule has 1 amide bonds. The molecule has 21 heavy (non-hydrogen) atoms. The van der Waals surface area contributed by atoms with Gasteiger partial charge in [0.1, 0.15) is 0 Å². The van der Waals surface area contributed by atoms with Gasteiger partial charge in [0.15, 0.2) is 0 Å². The summed E-state index contributed by atoms with van der Waals surface area (Å²) in [6.07, 6.45) is 1.34. The van der Waals surface area contributed by atoms with Crippen molar-refractivity contribution in [1.29, 1.82) is 0 Å². The van der Waals surface area contributed by atoms with E-state index in [1.54, 1.807) is 29.2 Å². The number of amides is 1. The number of carbonyl (C=O) groups is 1. The summed E-state index contributed by atoms with van der Waals surface area (Å²) in [6, 6.07) is 6.69. The Morgan fingerprint density at radius 1 is 1.24 bits per heavy atom. The molecule has 0 bridgehead atoms.